The van der Waals surface area contributed by atoms with E-state index in [1.807, 2.05) is 48.0 Å². The predicted octanol–water partition coefficient (Wildman–Crippen LogP) is 5.25. The standard InChI is InChI=1S/C27H25N3O4S/c31-25(29-18-9-10-22-23(15-18)34-27(33-22)11-3-4-12-27)21(30-26(32)24-8-5-13-35-24)14-17-16-28-20-7-2-1-6-19(17)20/h1-2,5-10,13,15-16,21,28H,3-4,11-12,14H2,(H,29,31)(H,30,32)/t21-/m1/s1. The van der Waals surface area contributed by atoms with Crippen molar-refractivity contribution in [2.45, 2.75) is 43.9 Å². The van der Waals surface area contributed by atoms with Crippen molar-refractivity contribution in [3.63, 3.8) is 0 Å². The van der Waals surface area contributed by atoms with Gasteiger partial charge in [-0.3, -0.25) is 9.59 Å². The average molecular weight is 488 g/mol. The molecule has 1 spiro atoms. The first-order valence-electron chi connectivity index (χ1n) is 11.8. The molecule has 0 saturated heterocycles. The van der Waals surface area contributed by atoms with Gasteiger partial charge in [0.1, 0.15) is 6.04 Å². The summed E-state index contributed by atoms with van der Waals surface area (Å²) >= 11 is 1.34. The van der Waals surface area contributed by atoms with Crippen LogP contribution in [0, 0.1) is 0 Å². The van der Waals surface area contributed by atoms with Gasteiger partial charge in [0.25, 0.3) is 11.7 Å². The molecule has 35 heavy (non-hydrogen) atoms. The number of rotatable bonds is 6. The summed E-state index contributed by atoms with van der Waals surface area (Å²) in [4.78, 5) is 30.1. The Morgan fingerprint density at radius 3 is 2.69 bits per heavy atom. The first-order valence-corrected chi connectivity index (χ1v) is 12.7. The number of ether oxygens (including phenoxy) is 2. The van der Waals surface area contributed by atoms with E-state index in [4.69, 9.17) is 9.47 Å². The Morgan fingerprint density at radius 1 is 1.03 bits per heavy atom. The summed E-state index contributed by atoms with van der Waals surface area (Å²) in [6.45, 7) is 0. The second kappa shape index (κ2) is 8.78. The molecule has 2 aliphatic rings. The number of hydrogen-bond donors (Lipinski definition) is 3. The molecular formula is C27H25N3O4S. The number of fused-ring (bicyclic) bond motifs is 2. The largest absolute Gasteiger partial charge is 0.448 e. The van der Waals surface area contributed by atoms with Gasteiger partial charge in [0.2, 0.25) is 5.91 Å². The Hall–Kier alpha value is -3.78. The van der Waals surface area contributed by atoms with Crippen LogP contribution < -0.4 is 20.1 Å². The number of carbonyl (C=O) groups excluding carboxylic acids is 2. The van der Waals surface area contributed by atoms with E-state index >= 15 is 0 Å². The number of hydrogen-bond acceptors (Lipinski definition) is 5. The van der Waals surface area contributed by atoms with Crippen molar-refractivity contribution in [1.29, 1.82) is 0 Å². The molecule has 1 aliphatic carbocycles. The third-order valence-electron chi connectivity index (χ3n) is 6.63. The van der Waals surface area contributed by atoms with E-state index in [0.29, 0.717) is 28.5 Å². The van der Waals surface area contributed by atoms with Crippen LogP contribution in [0.3, 0.4) is 0 Å². The average Bonchev–Trinajstić information content (AvgIpc) is 3.66. The van der Waals surface area contributed by atoms with Crippen molar-refractivity contribution in [2.75, 3.05) is 5.32 Å². The van der Waals surface area contributed by atoms with Crippen LogP contribution in [0.5, 0.6) is 11.5 Å². The Balaban J connectivity index is 1.23. The highest BCUT2D eigenvalue weighted by Crippen LogP contribution is 2.47. The number of para-hydroxylation sites is 1. The lowest BCUT2D eigenvalue weighted by molar-refractivity contribution is -0.118. The minimum absolute atomic E-state index is 0.270. The van der Waals surface area contributed by atoms with Crippen LogP contribution in [0.25, 0.3) is 10.9 Å². The minimum Gasteiger partial charge on any atom is -0.448 e. The second-order valence-corrected chi connectivity index (χ2v) is 9.99. The third-order valence-corrected chi connectivity index (χ3v) is 7.50. The molecule has 4 aromatic rings. The Kier molecular flexibility index (Phi) is 5.45. The molecular weight excluding hydrogens is 462 g/mol. The summed E-state index contributed by atoms with van der Waals surface area (Å²) in [5.74, 6) is 0.215. The Morgan fingerprint density at radius 2 is 1.86 bits per heavy atom. The van der Waals surface area contributed by atoms with Gasteiger partial charge < -0.3 is 25.1 Å². The van der Waals surface area contributed by atoms with Crippen LogP contribution >= 0.6 is 11.3 Å². The van der Waals surface area contributed by atoms with Crippen molar-refractivity contribution in [3.8, 4) is 11.5 Å². The van der Waals surface area contributed by atoms with Crippen LogP contribution in [0.1, 0.15) is 40.9 Å². The van der Waals surface area contributed by atoms with Gasteiger partial charge >= 0.3 is 0 Å². The maximum atomic E-state index is 13.4. The van der Waals surface area contributed by atoms with Gasteiger partial charge in [-0.25, -0.2) is 0 Å². The number of amides is 2. The summed E-state index contributed by atoms with van der Waals surface area (Å²) in [6.07, 6.45) is 6.13. The lowest BCUT2D eigenvalue weighted by Gasteiger charge is -2.21. The highest BCUT2D eigenvalue weighted by Gasteiger charge is 2.44. The zero-order chi connectivity index (χ0) is 23.8. The zero-order valence-corrected chi connectivity index (χ0v) is 19.8. The van der Waals surface area contributed by atoms with Crippen LogP contribution in [0.4, 0.5) is 5.69 Å². The van der Waals surface area contributed by atoms with Gasteiger partial charge in [0, 0.05) is 48.1 Å². The molecule has 3 N–H and O–H groups in total. The first kappa shape index (κ1) is 21.7. The molecule has 1 aliphatic heterocycles. The van der Waals surface area contributed by atoms with Crippen molar-refractivity contribution in [2.24, 2.45) is 0 Å². The van der Waals surface area contributed by atoms with E-state index in [9.17, 15) is 9.59 Å². The topological polar surface area (TPSA) is 92.5 Å². The number of aromatic amines is 1. The summed E-state index contributed by atoms with van der Waals surface area (Å²) in [6, 6.07) is 16.1. The molecule has 1 atom stereocenters. The SMILES string of the molecule is O=C(N[C@H](Cc1c[nH]c2ccccc12)C(=O)Nc1ccc2c(c1)OC1(CCCC1)O2)c1cccs1. The quantitative estimate of drug-likeness (QED) is 0.346. The molecule has 2 aromatic heterocycles. The van der Waals surface area contributed by atoms with Gasteiger partial charge in [0.05, 0.1) is 4.88 Å². The number of carbonyl (C=O) groups is 2. The number of nitrogens with one attached hydrogen (secondary N) is 3. The predicted molar refractivity (Wildman–Crippen MR) is 135 cm³/mol. The van der Waals surface area contributed by atoms with Crippen molar-refractivity contribution in [1.82, 2.24) is 10.3 Å². The normalized spacial score (nSPS) is 16.5. The van der Waals surface area contributed by atoms with Gasteiger partial charge in [-0.05, 0) is 48.1 Å². The highest BCUT2D eigenvalue weighted by molar-refractivity contribution is 7.12. The van der Waals surface area contributed by atoms with Crippen LogP contribution in [0.15, 0.2) is 66.2 Å². The van der Waals surface area contributed by atoms with Gasteiger partial charge in [-0.2, -0.15) is 0 Å². The lowest BCUT2D eigenvalue weighted by atomic mass is 10.0. The van der Waals surface area contributed by atoms with E-state index in [2.05, 4.69) is 15.6 Å². The number of thiophene rings is 1. The van der Waals surface area contributed by atoms with E-state index in [1.54, 1.807) is 18.2 Å². The van der Waals surface area contributed by atoms with Crippen molar-refractivity contribution in [3.05, 3.63) is 76.6 Å². The fraction of sp³-hybridized carbons (Fsp3) is 0.259. The summed E-state index contributed by atoms with van der Waals surface area (Å²) < 4.78 is 12.2. The third kappa shape index (κ3) is 4.25. The number of aromatic nitrogens is 1. The summed E-state index contributed by atoms with van der Waals surface area (Å²) in [5, 5.41) is 8.76. The maximum Gasteiger partial charge on any atom is 0.262 e. The van der Waals surface area contributed by atoms with Gasteiger partial charge in [-0.1, -0.05) is 24.3 Å². The Bertz CT molecular complexity index is 1390. The molecule has 178 valence electrons. The van der Waals surface area contributed by atoms with E-state index in [1.165, 1.54) is 11.3 Å². The maximum absolute atomic E-state index is 13.4. The molecule has 1 saturated carbocycles. The zero-order valence-electron chi connectivity index (χ0n) is 19.0. The highest BCUT2D eigenvalue weighted by atomic mass is 32.1. The van der Waals surface area contributed by atoms with Crippen LogP contribution in [0.2, 0.25) is 0 Å². The molecule has 3 heterocycles. The number of anilines is 1. The lowest BCUT2D eigenvalue weighted by Crippen LogP contribution is -2.45. The van der Waals surface area contributed by atoms with Gasteiger partial charge in [-0.15, -0.1) is 11.3 Å². The molecule has 0 unspecified atom stereocenters. The van der Waals surface area contributed by atoms with Crippen LogP contribution in [-0.4, -0.2) is 28.6 Å². The first-order chi connectivity index (χ1) is 17.1. The molecule has 0 bridgehead atoms. The molecule has 2 amide bonds. The fourth-order valence-electron chi connectivity index (χ4n) is 4.89. The fourth-order valence-corrected chi connectivity index (χ4v) is 5.51. The second-order valence-electron chi connectivity index (χ2n) is 9.04. The summed E-state index contributed by atoms with van der Waals surface area (Å²) in [7, 11) is 0. The molecule has 8 heteroatoms. The van der Waals surface area contributed by atoms with Crippen molar-refractivity contribution >= 4 is 39.7 Å². The molecule has 7 nitrogen and oxygen atoms in total. The van der Waals surface area contributed by atoms with E-state index < -0.39 is 11.8 Å². The molecule has 2 aromatic carbocycles. The van der Waals surface area contributed by atoms with Crippen LogP contribution in [-0.2, 0) is 11.2 Å². The Labute approximate surface area is 206 Å². The van der Waals surface area contributed by atoms with Crippen molar-refractivity contribution < 1.29 is 19.1 Å². The monoisotopic (exact) mass is 487 g/mol. The smallest absolute Gasteiger partial charge is 0.262 e. The molecule has 6 rings (SSSR count). The van der Waals surface area contributed by atoms with E-state index in [-0.39, 0.29) is 11.8 Å². The van der Waals surface area contributed by atoms with E-state index in [0.717, 1.165) is 42.1 Å². The molecule has 0 radical (unpaired) electrons. The number of H-pyrrole nitrogens is 1. The summed E-state index contributed by atoms with van der Waals surface area (Å²) in [5.41, 5.74) is 2.55. The molecule has 1 fully saturated rings. The number of benzene rings is 2. The van der Waals surface area contributed by atoms with Gasteiger partial charge in [0.15, 0.2) is 11.5 Å². The minimum atomic E-state index is -0.768.